The van der Waals surface area contributed by atoms with Crippen LogP contribution in [0, 0.1) is 6.92 Å². The molecule has 0 aliphatic carbocycles. The minimum Gasteiger partial charge on any atom is -0.478 e. The summed E-state index contributed by atoms with van der Waals surface area (Å²) in [7, 11) is 0. The third-order valence-corrected chi connectivity index (χ3v) is 5.23. The number of hydrogen-bond donors (Lipinski definition) is 2. The number of aromatic nitrogens is 1. The molecule has 1 aliphatic heterocycles. The topological polar surface area (TPSA) is 80.3 Å². The lowest BCUT2D eigenvalue weighted by molar-refractivity contribution is -0.128. The Hall–Kier alpha value is -2.90. The molecule has 2 aromatic carbocycles. The van der Waals surface area contributed by atoms with Crippen LogP contribution in [0.3, 0.4) is 0 Å². The van der Waals surface area contributed by atoms with Crippen LogP contribution in [0.2, 0.25) is 5.02 Å². The lowest BCUT2D eigenvalue weighted by Gasteiger charge is -2.25. The molecule has 0 bridgehead atoms. The predicted molar refractivity (Wildman–Crippen MR) is 110 cm³/mol. The van der Waals surface area contributed by atoms with E-state index >= 15 is 0 Å². The number of rotatable bonds is 4. The standard InChI is InChI=1S/C20H16ClN3O3S/c1-11-2-7-16-14(8-11)22-19(26)17(27-16)9-18(25)24-20-23-15(10-28-20)12-3-5-13(21)6-4-12/h2-8,10,17H,9H2,1H3,(H,22,26)(H,23,24,25). The molecular formula is C20H16ClN3O3S. The number of benzene rings is 2. The Kier molecular flexibility index (Phi) is 5.02. The van der Waals surface area contributed by atoms with E-state index in [9.17, 15) is 9.59 Å². The normalized spacial score (nSPS) is 15.4. The zero-order valence-corrected chi connectivity index (χ0v) is 16.4. The molecule has 28 heavy (non-hydrogen) atoms. The van der Waals surface area contributed by atoms with Crippen LogP contribution in [0.5, 0.6) is 5.75 Å². The Balaban J connectivity index is 1.40. The number of halogens is 1. The van der Waals surface area contributed by atoms with E-state index in [4.69, 9.17) is 16.3 Å². The minimum absolute atomic E-state index is 0.102. The second-order valence-corrected chi connectivity index (χ2v) is 7.69. The van der Waals surface area contributed by atoms with Crippen molar-refractivity contribution in [3.05, 3.63) is 58.4 Å². The van der Waals surface area contributed by atoms with Crippen LogP contribution < -0.4 is 15.4 Å². The third kappa shape index (κ3) is 4.00. The fourth-order valence-corrected chi connectivity index (χ4v) is 3.68. The van der Waals surface area contributed by atoms with E-state index in [0.717, 1.165) is 16.8 Å². The number of aryl methyl sites for hydroxylation is 1. The molecule has 0 radical (unpaired) electrons. The highest BCUT2D eigenvalue weighted by molar-refractivity contribution is 7.14. The van der Waals surface area contributed by atoms with Crippen LogP contribution in [0.1, 0.15) is 12.0 Å². The summed E-state index contributed by atoms with van der Waals surface area (Å²) in [5, 5.41) is 8.47. The van der Waals surface area contributed by atoms with E-state index in [1.54, 1.807) is 18.2 Å². The monoisotopic (exact) mass is 413 g/mol. The van der Waals surface area contributed by atoms with Gasteiger partial charge in [0.2, 0.25) is 5.91 Å². The van der Waals surface area contributed by atoms with Crippen molar-refractivity contribution in [2.24, 2.45) is 0 Å². The van der Waals surface area contributed by atoms with Crippen LogP contribution in [0.25, 0.3) is 11.3 Å². The number of amides is 2. The molecule has 2 heterocycles. The Labute approximate surface area is 170 Å². The smallest absolute Gasteiger partial charge is 0.266 e. The number of hydrogen-bond acceptors (Lipinski definition) is 5. The summed E-state index contributed by atoms with van der Waals surface area (Å²) in [5.74, 6) is -0.121. The average molecular weight is 414 g/mol. The van der Waals surface area contributed by atoms with Gasteiger partial charge in [-0.05, 0) is 36.8 Å². The highest BCUT2D eigenvalue weighted by Crippen LogP contribution is 2.31. The Bertz CT molecular complexity index is 1050. The van der Waals surface area contributed by atoms with Crippen molar-refractivity contribution in [3.8, 4) is 17.0 Å². The number of fused-ring (bicyclic) bond motifs is 1. The van der Waals surface area contributed by atoms with Crippen LogP contribution in [0.4, 0.5) is 10.8 Å². The van der Waals surface area contributed by atoms with Gasteiger partial charge in [0.1, 0.15) is 5.75 Å². The molecule has 1 aliphatic rings. The maximum Gasteiger partial charge on any atom is 0.266 e. The first-order valence-electron chi connectivity index (χ1n) is 8.57. The van der Waals surface area contributed by atoms with Gasteiger partial charge in [-0.25, -0.2) is 4.98 Å². The molecule has 3 aromatic rings. The van der Waals surface area contributed by atoms with Crippen LogP contribution in [0.15, 0.2) is 47.8 Å². The van der Waals surface area contributed by atoms with Gasteiger partial charge in [-0.3, -0.25) is 9.59 Å². The quantitative estimate of drug-likeness (QED) is 0.659. The molecular weight excluding hydrogens is 398 g/mol. The van der Waals surface area contributed by atoms with E-state index in [0.29, 0.717) is 21.6 Å². The fourth-order valence-electron chi connectivity index (χ4n) is 2.82. The molecule has 1 unspecified atom stereocenters. The number of carbonyl (C=O) groups is 2. The second kappa shape index (κ2) is 7.61. The van der Waals surface area contributed by atoms with Gasteiger partial charge in [-0.1, -0.05) is 29.8 Å². The molecule has 142 valence electrons. The summed E-state index contributed by atoms with van der Waals surface area (Å²) >= 11 is 7.21. The number of anilines is 2. The largest absolute Gasteiger partial charge is 0.478 e. The summed E-state index contributed by atoms with van der Waals surface area (Å²) in [6, 6.07) is 12.8. The summed E-state index contributed by atoms with van der Waals surface area (Å²) in [6.45, 7) is 1.93. The van der Waals surface area contributed by atoms with Crippen molar-refractivity contribution in [1.29, 1.82) is 0 Å². The number of carbonyl (C=O) groups excluding carboxylic acids is 2. The van der Waals surface area contributed by atoms with Crippen molar-refractivity contribution in [2.75, 3.05) is 10.6 Å². The predicted octanol–water partition coefficient (Wildman–Crippen LogP) is 4.50. The van der Waals surface area contributed by atoms with Crippen LogP contribution in [-0.2, 0) is 9.59 Å². The molecule has 6 nitrogen and oxygen atoms in total. The minimum atomic E-state index is -0.883. The van der Waals surface area contributed by atoms with Gasteiger partial charge < -0.3 is 15.4 Å². The van der Waals surface area contributed by atoms with E-state index in [1.165, 1.54) is 11.3 Å². The number of thiazole rings is 1. The molecule has 0 spiro atoms. The van der Waals surface area contributed by atoms with Gasteiger partial charge in [0.25, 0.3) is 5.91 Å². The van der Waals surface area contributed by atoms with Crippen molar-refractivity contribution in [1.82, 2.24) is 4.98 Å². The second-order valence-electron chi connectivity index (χ2n) is 6.39. The lowest BCUT2D eigenvalue weighted by Crippen LogP contribution is -2.39. The van der Waals surface area contributed by atoms with Crippen molar-refractivity contribution in [2.45, 2.75) is 19.4 Å². The molecule has 0 fully saturated rings. The molecule has 1 atom stereocenters. The van der Waals surface area contributed by atoms with Crippen LogP contribution in [-0.4, -0.2) is 22.9 Å². The summed E-state index contributed by atoms with van der Waals surface area (Å²) < 4.78 is 5.69. The van der Waals surface area contributed by atoms with E-state index in [1.807, 2.05) is 36.6 Å². The van der Waals surface area contributed by atoms with Gasteiger partial charge in [-0.15, -0.1) is 11.3 Å². The van der Waals surface area contributed by atoms with Gasteiger partial charge in [-0.2, -0.15) is 0 Å². The summed E-state index contributed by atoms with van der Waals surface area (Å²) in [5.41, 5.74) is 3.28. The Morgan fingerprint density at radius 2 is 2.07 bits per heavy atom. The van der Waals surface area contributed by atoms with Crippen molar-refractivity contribution in [3.63, 3.8) is 0 Å². The van der Waals surface area contributed by atoms with Gasteiger partial charge >= 0.3 is 0 Å². The van der Waals surface area contributed by atoms with Crippen molar-refractivity contribution < 1.29 is 14.3 Å². The maximum absolute atomic E-state index is 12.4. The lowest BCUT2D eigenvalue weighted by atomic mass is 10.1. The first-order chi connectivity index (χ1) is 13.5. The molecule has 0 saturated carbocycles. The van der Waals surface area contributed by atoms with E-state index < -0.39 is 6.10 Å². The molecule has 0 saturated heterocycles. The Morgan fingerprint density at radius 3 is 2.86 bits per heavy atom. The van der Waals surface area contributed by atoms with E-state index in [2.05, 4.69) is 15.6 Å². The highest BCUT2D eigenvalue weighted by Gasteiger charge is 2.30. The highest BCUT2D eigenvalue weighted by atomic mass is 35.5. The molecule has 2 amide bonds. The zero-order valence-electron chi connectivity index (χ0n) is 14.9. The van der Waals surface area contributed by atoms with Gasteiger partial charge in [0, 0.05) is 16.0 Å². The summed E-state index contributed by atoms with van der Waals surface area (Å²) in [4.78, 5) is 29.0. The van der Waals surface area contributed by atoms with Gasteiger partial charge in [0.15, 0.2) is 11.2 Å². The van der Waals surface area contributed by atoms with Gasteiger partial charge in [0.05, 0.1) is 17.8 Å². The fraction of sp³-hybridized carbons (Fsp3) is 0.150. The molecule has 1 aromatic heterocycles. The Morgan fingerprint density at radius 1 is 1.29 bits per heavy atom. The average Bonchev–Trinajstić information content (AvgIpc) is 3.11. The zero-order chi connectivity index (χ0) is 19.7. The number of nitrogens with zero attached hydrogens (tertiary/aromatic N) is 1. The molecule has 2 N–H and O–H groups in total. The van der Waals surface area contributed by atoms with Crippen molar-refractivity contribution >= 4 is 45.6 Å². The summed E-state index contributed by atoms with van der Waals surface area (Å²) in [6.07, 6.45) is -0.986. The van der Waals surface area contributed by atoms with Crippen LogP contribution >= 0.6 is 22.9 Å². The number of ether oxygens (including phenoxy) is 1. The first kappa shape index (κ1) is 18.5. The molecule has 4 rings (SSSR count). The maximum atomic E-state index is 12.4. The number of nitrogens with one attached hydrogen (secondary N) is 2. The first-order valence-corrected chi connectivity index (χ1v) is 9.83. The van der Waals surface area contributed by atoms with E-state index in [-0.39, 0.29) is 18.2 Å². The third-order valence-electron chi connectivity index (χ3n) is 4.22. The SMILES string of the molecule is Cc1ccc2c(c1)NC(=O)C(CC(=O)Nc1nc(-c3ccc(Cl)cc3)cs1)O2. The molecule has 8 heteroatoms.